The summed E-state index contributed by atoms with van der Waals surface area (Å²) in [4.78, 5) is 4.24. The van der Waals surface area contributed by atoms with Gasteiger partial charge < -0.3 is 10.8 Å². The highest BCUT2D eigenvalue weighted by molar-refractivity contribution is 5.55. The predicted molar refractivity (Wildman–Crippen MR) is 56.1 cm³/mol. The van der Waals surface area contributed by atoms with Crippen LogP contribution in [0.5, 0.6) is 5.75 Å². The number of hydrogen-bond donors (Lipinski definition) is 3. The topological polar surface area (TPSA) is 87.8 Å². The number of nitrogens with zero attached hydrogens (tertiary/aromatic N) is 2. The van der Waals surface area contributed by atoms with Crippen molar-refractivity contribution in [3.8, 4) is 17.1 Å². The second-order valence-corrected chi connectivity index (χ2v) is 3.38. The second-order valence-electron chi connectivity index (χ2n) is 3.38. The first-order chi connectivity index (χ1) is 7.16. The lowest BCUT2D eigenvalue weighted by Crippen LogP contribution is -2.06. The molecule has 0 fully saturated rings. The standard InChI is InChI=1S/C10H12N4O/c1-6(11)9-12-10(14-13-9)7-2-4-8(15)5-3-7/h2-6,15H,11H2,1H3,(H,12,13,14)/t6-/m0/s1. The number of benzene rings is 1. The Bertz CT molecular complexity index is 447. The van der Waals surface area contributed by atoms with Gasteiger partial charge in [-0.1, -0.05) is 0 Å². The van der Waals surface area contributed by atoms with Crippen LogP contribution in [0.25, 0.3) is 11.4 Å². The Morgan fingerprint density at radius 1 is 1.33 bits per heavy atom. The lowest BCUT2D eigenvalue weighted by Gasteiger charge is -1.96. The Labute approximate surface area is 87.0 Å². The molecule has 0 aliphatic heterocycles. The number of nitrogens with one attached hydrogen (secondary N) is 1. The first-order valence-electron chi connectivity index (χ1n) is 4.64. The van der Waals surface area contributed by atoms with Crippen molar-refractivity contribution < 1.29 is 5.11 Å². The van der Waals surface area contributed by atoms with Crippen LogP contribution in [0.4, 0.5) is 0 Å². The van der Waals surface area contributed by atoms with Gasteiger partial charge in [-0.25, -0.2) is 4.98 Å². The minimum atomic E-state index is -0.164. The molecule has 1 aromatic heterocycles. The maximum atomic E-state index is 9.13. The van der Waals surface area contributed by atoms with Gasteiger partial charge in [0.05, 0.1) is 6.04 Å². The smallest absolute Gasteiger partial charge is 0.181 e. The van der Waals surface area contributed by atoms with Gasteiger partial charge in [0, 0.05) is 5.56 Å². The van der Waals surface area contributed by atoms with E-state index in [1.165, 1.54) is 0 Å². The molecule has 0 saturated heterocycles. The van der Waals surface area contributed by atoms with Crippen molar-refractivity contribution in [3.05, 3.63) is 30.1 Å². The number of H-pyrrole nitrogens is 1. The summed E-state index contributed by atoms with van der Waals surface area (Å²) in [5, 5.41) is 15.9. The molecule has 0 aliphatic rings. The molecule has 0 bridgehead atoms. The molecule has 0 aliphatic carbocycles. The number of aromatic amines is 1. The Kier molecular flexibility index (Phi) is 2.39. The lowest BCUT2D eigenvalue weighted by atomic mass is 10.2. The van der Waals surface area contributed by atoms with Crippen molar-refractivity contribution in [1.29, 1.82) is 0 Å². The van der Waals surface area contributed by atoms with E-state index in [0.717, 1.165) is 5.56 Å². The van der Waals surface area contributed by atoms with Gasteiger partial charge in [0.2, 0.25) is 0 Å². The summed E-state index contributed by atoms with van der Waals surface area (Å²) in [7, 11) is 0. The number of phenols is 1. The van der Waals surface area contributed by atoms with E-state index in [4.69, 9.17) is 10.8 Å². The second kappa shape index (κ2) is 3.70. The number of aromatic hydroxyl groups is 1. The van der Waals surface area contributed by atoms with E-state index in [1.807, 2.05) is 6.92 Å². The summed E-state index contributed by atoms with van der Waals surface area (Å²) in [5.74, 6) is 1.46. The fraction of sp³-hybridized carbons (Fsp3) is 0.200. The van der Waals surface area contributed by atoms with Gasteiger partial charge in [0.1, 0.15) is 11.6 Å². The van der Waals surface area contributed by atoms with Gasteiger partial charge in [0.15, 0.2) is 5.82 Å². The quantitative estimate of drug-likeness (QED) is 0.685. The van der Waals surface area contributed by atoms with E-state index >= 15 is 0 Å². The minimum Gasteiger partial charge on any atom is -0.508 e. The molecular weight excluding hydrogens is 192 g/mol. The van der Waals surface area contributed by atoms with Crippen LogP contribution in [0.15, 0.2) is 24.3 Å². The molecular formula is C10H12N4O. The van der Waals surface area contributed by atoms with E-state index in [-0.39, 0.29) is 11.8 Å². The highest BCUT2D eigenvalue weighted by atomic mass is 16.3. The molecule has 2 aromatic rings. The maximum absolute atomic E-state index is 9.13. The highest BCUT2D eigenvalue weighted by Gasteiger charge is 2.08. The van der Waals surface area contributed by atoms with Crippen molar-refractivity contribution in [2.75, 3.05) is 0 Å². The van der Waals surface area contributed by atoms with Crippen molar-refractivity contribution in [3.63, 3.8) is 0 Å². The van der Waals surface area contributed by atoms with Crippen molar-refractivity contribution >= 4 is 0 Å². The summed E-state index contributed by atoms with van der Waals surface area (Å²) >= 11 is 0. The fourth-order valence-electron chi connectivity index (χ4n) is 1.22. The van der Waals surface area contributed by atoms with E-state index < -0.39 is 0 Å². The molecule has 1 heterocycles. The Morgan fingerprint density at radius 2 is 2.00 bits per heavy atom. The summed E-state index contributed by atoms with van der Waals surface area (Å²) in [5.41, 5.74) is 6.50. The Balaban J connectivity index is 2.33. The number of rotatable bonds is 2. The van der Waals surface area contributed by atoms with E-state index in [0.29, 0.717) is 11.6 Å². The van der Waals surface area contributed by atoms with Crippen LogP contribution < -0.4 is 5.73 Å². The molecule has 0 unspecified atom stereocenters. The predicted octanol–water partition coefficient (Wildman–Crippen LogP) is 1.20. The molecule has 0 spiro atoms. The number of hydrogen-bond acceptors (Lipinski definition) is 4. The third kappa shape index (κ3) is 1.97. The van der Waals surface area contributed by atoms with Crippen LogP contribution in [0, 0.1) is 0 Å². The van der Waals surface area contributed by atoms with Crippen LogP contribution in [-0.4, -0.2) is 20.3 Å². The first-order valence-corrected chi connectivity index (χ1v) is 4.64. The van der Waals surface area contributed by atoms with Gasteiger partial charge in [-0.3, -0.25) is 5.10 Å². The van der Waals surface area contributed by atoms with Crippen LogP contribution in [0.2, 0.25) is 0 Å². The summed E-state index contributed by atoms with van der Waals surface area (Å²) in [6, 6.07) is 6.53. The van der Waals surface area contributed by atoms with Crippen molar-refractivity contribution in [1.82, 2.24) is 15.2 Å². The molecule has 78 valence electrons. The van der Waals surface area contributed by atoms with Gasteiger partial charge >= 0.3 is 0 Å². The van der Waals surface area contributed by atoms with Gasteiger partial charge in [-0.15, -0.1) is 0 Å². The molecule has 0 radical (unpaired) electrons. The van der Waals surface area contributed by atoms with Gasteiger partial charge in [-0.2, -0.15) is 5.10 Å². The monoisotopic (exact) mass is 204 g/mol. The van der Waals surface area contributed by atoms with Gasteiger partial charge in [-0.05, 0) is 31.2 Å². The highest BCUT2D eigenvalue weighted by Crippen LogP contribution is 2.18. The van der Waals surface area contributed by atoms with E-state index in [2.05, 4.69) is 15.2 Å². The first kappa shape index (κ1) is 9.67. The Morgan fingerprint density at radius 3 is 2.53 bits per heavy atom. The molecule has 15 heavy (non-hydrogen) atoms. The molecule has 0 amide bonds. The lowest BCUT2D eigenvalue weighted by molar-refractivity contribution is 0.475. The number of aromatic nitrogens is 3. The Hall–Kier alpha value is -1.88. The number of nitrogens with two attached hydrogens (primary N) is 1. The largest absolute Gasteiger partial charge is 0.508 e. The third-order valence-electron chi connectivity index (χ3n) is 2.06. The molecule has 1 atom stereocenters. The minimum absolute atomic E-state index is 0.164. The maximum Gasteiger partial charge on any atom is 0.181 e. The zero-order valence-corrected chi connectivity index (χ0v) is 8.31. The summed E-state index contributed by atoms with van der Waals surface area (Å²) in [6.07, 6.45) is 0. The van der Waals surface area contributed by atoms with Crippen LogP contribution in [0.1, 0.15) is 18.8 Å². The van der Waals surface area contributed by atoms with Crippen LogP contribution in [-0.2, 0) is 0 Å². The van der Waals surface area contributed by atoms with Crippen LogP contribution >= 0.6 is 0 Å². The number of phenolic OH excluding ortho intramolecular Hbond substituents is 1. The normalized spacial score (nSPS) is 12.7. The fourth-order valence-corrected chi connectivity index (χ4v) is 1.22. The van der Waals surface area contributed by atoms with Gasteiger partial charge in [0.25, 0.3) is 0 Å². The van der Waals surface area contributed by atoms with Crippen molar-refractivity contribution in [2.45, 2.75) is 13.0 Å². The molecule has 5 heteroatoms. The molecule has 0 saturated carbocycles. The third-order valence-corrected chi connectivity index (χ3v) is 2.06. The zero-order chi connectivity index (χ0) is 10.8. The van der Waals surface area contributed by atoms with Crippen LogP contribution in [0.3, 0.4) is 0 Å². The van der Waals surface area contributed by atoms with Crippen molar-refractivity contribution in [2.24, 2.45) is 5.73 Å². The molecule has 4 N–H and O–H groups in total. The molecule has 1 aromatic carbocycles. The van der Waals surface area contributed by atoms with E-state index in [9.17, 15) is 0 Å². The molecule has 2 rings (SSSR count). The average Bonchev–Trinajstić information content (AvgIpc) is 2.68. The van der Waals surface area contributed by atoms with E-state index in [1.54, 1.807) is 24.3 Å². The SMILES string of the molecule is C[C@H](N)c1nc(-c2ccc(O)cc2)n[nH]1. The summed E-state index contributed by atoms with van der Waals surface area (Å²) in [6.45, 7) is 1.83. The molecule has 5 nitrogen and oxygen atoms in total. The average molecular weight is 204 g/mol. The zero-order valence-electron chi connectivity index (χ0n) is 8.31. The summed E-state index contributed by atoms with van der Waals surface area (Å²) < 4.78 is 0.